The van der Waals surface area contributed by atoms with Crippen molar-refractivity contribution in [1.29, 1.82) is 0 Å². The summed E-state index contributed by atoms with van der Waals surface area (Å²) in [7, 11) is 0. The molecule has 5 nitrogen and oxygen atoms in total. The molecule has 1 aliphatic carbocycles. The zero-order chi connectivity index (χ0) is 23.7. The summed E-state index contributed by atoms with van der Waals surface area (Å²) >= 11 is 18.8. The van der Waals surface area contributed by atoms with Crippen LogP contribution in [-0.4, -0.2) is 33.8 Å². The molecule has 2 heterocycles. The summed E-state index contributed by atoms with van der Waals surface area (Å²) < 4.78 is 1.81. The molecule has 1 fully saturated rings. The average molecular weight is 516 g/mol. The van der Waals surface area contributed by atoms with Gasteiger partial charge in [-0.2, -0.15) is 5.10 Å². The standard InChI is InChI=1S/C26H25Cl3N4O/c27-19-9-7-17(8-10-19)15-18-5-4-6-21-24(26(34)31-32-13-2-1-3-14-32)30-33(25(18)21)23-12-11-20(28)16-22(23)29/h7-12,15-16H,1-6,13-14H2,(H,31,34)/b18-15+. The number of hydrazine groups is 1. The molecule has 0 spiro atoms. The number of halogens is 3. The van der Waals surface area contributed by atoms with Gasteiger partial charge in [-0.1, -0.05) is 53.4 Å². The number of benzene rings is 2. The first-order valence-electron chi connectivity index (χ1n) is 11.6. The quantitative estimate of drug-likeness (QED) is 0.414. The molecular formula is C26H25Cl3N4O. The number of piperidine rings is 1. The van der Waals surface area contributed by atoms with E-state index < -0.39 is 0 Å². The van der Waals surface area contributed by atoms with Gasteiger partial charge in [0.1, 0.15) is 0 Å². The summed E-state index contributed by atoms with van der Waals surface area (Å²) in [6, 6.07) is 13.1. The van der Waals surface area contributed by atoms with Crippen LogP contribution in [0.15, 0.2) is 42.5 Å². The third-order valence-corrected chi connectivity index (χ3v) is 7.13. The number of rotatable bonds is 4. The summed E-state index contributed by atoms with van der Waals surface area (Å²) in [6.45, 7) is 1.72. The van der Waals surface area contributed by atoms with Crippen molar-refractivity contribution in [3.05, 3.63) is 80.0 Å². The Morgan fingerprint density at radius 1 is 0.912 bits per heavy atom. The topological polar surface area (TPSA) is 50.2 Å². The van der Waals surface area contributed by atoms with Gasteiger partial charge in [0, 0.05) is 28.7 Å². The lowest BCUT2D eigenvalue weighted by Gasteiger charge is -2.26. The van der Waals surface area contributed by atoms with Gasteiger partial charge in [0.05, 0.1) is 16.4 Å². The van der Waals surface area contributed by atoms with Gasteiger partial charge in [-0.25, -0.2) is 9.69 Å². The molecule has 8 heteroatoms. The highest BCUT2D eigenvalue weighted by Crippen LogP contribution is 2.37. The smallest absolute Gasteiger partial charge is 0.283 e. The fraction of sp³-hybridized carbons (Fsp3) is 0.308. The van der Waals surface area contributed by atoms with E-state index in [-0.39, 0.29) is 5.91 Å². The van der Waals surface area contributed by atoms with Crippen molar-refractivity contribution in [2.24, 2.45) is 0 Å². The molecule has 0 radical (unpaired) electrons. The molecule has 2 aliphatic rings. The highest BCUT2D eigenvalue weighted by molar-refractivity contribution is 6.35. The Morgan fingerprint density at radius 3 is 2.38 bits per heavy atom. The molecule has 3 aromatic rings. The van der Waals surface area contributed by atoms with Crippen LogP contribution in [0.25, 0.3) is 17.3 Å². The third-order valence-electron chi connectivity index (χ3n) is 6.34. The lowest BCUT2D eigenvalue weighted by atomic mass is 9.89. The number of nitrogens with one attached hydrogen (secondary N) is 1. The number of aromatic nitrogens is 2. The molecule has 1 saturated heterocycles. The van der Waals surface area contributed by atoms with Gasteiger partial charge in [0.2, 0.25) is 0 Å². The molecule has 34 heavy (non-hydrogen) atoms. The first-order valence-corrected chi connectivity index (χ1v) is 12.7. The first kappa shape index (κ1) is 23.4. The second kappa shape index (κ2) is 10.1. The minimum atomic E-state index is -0.172. The van der Waals surface area contributed by atoms with Gasteiger partial charge in [0.15, 0.2) is 5.69 Å². The second-order valence-corrected chi connectivity index (χ2v) is 10.0. The van der Waals surface area contributed by atoms with E-state index in [2.05, 4.69) is 11.5 Å². The highest BCUT2D eigenvalue weighted by Gasteiger charge is 2.30. The maximum Gasteiger partial charge on any atom is 0.286 e. The Kier molecular flexibility index (Phi) is 6.98. The summed E-state index contributed by atoms with van der Waals surface area (Å²) in [6.07, 6.45) is 8.10. The van der Waals surface area contributed by atoms with Crippen molar-refractivity contribution >= 4 is 52.4 Å². The van der Waals surface area contributed by atoms with Crippen molar-refractivity contribution in [3.63, 3.8) is 0 Å². The molecule has 0 unspecified atom stereocenters. The van der Waals surface area contributed by atoms with Gasteiger partial charge in [0.25, 0.3) is 5.91 Å². The van der Waals surface area contributed by atoms with Crippen molar-refractivity contribution in [2.75, 3.05) is 13.1 Å². The van der Waals surface area contributed by atoms with E-state index >= 15 is 0 Å². The first-order chi connectivity index (χ1) is 16.5. The maximum atomic E-state index is 13.4. The minimum absolute atomic E-state index is 0.172. The zero-order valence-electron chi connectivity index (χ0n) is 18.7. The number of nitrogens with zero attached hydrogens (tertiary/aromatic N) is 3. The number of carbonyl (C=O) groups is 1. The lowest BCUT2D eigenvalue weighted by Crippen LogP contribution is -2.45. The molecule has 0 atom stereocenters. The predicted molar refractivity (Wildman–Crippen MR) is 139 cm³/mol. The van der Waals surface area contributed by atoms with E-state index in [0.29, 0.717) is 26.4 Å². The van der Waals surface area contributed by atoms with Crippen LogP contribution in [0, 0.1) is 0 Å². The average Bonchev–Trinajstić information content (AvgIpc) is 3.22. The van der Waals surface area contributed by atoms with E-state index in [9.17, 15) is 4.79 Å². The molecule has 2 aromatic carbocycles. The van der Waals surface area contributed by atoms with Gasteiger partial charge in [-0.15, -0.1) is 0 Å². The number of allylic oxidation sites excluding steroid dienone is 1. The number of amides is 1. The van der Waals surface area contributed by atoms with Crippen LogP contribution in [0.3, 0.4) is 0 Å². The summed E-state index contributed by atoms with van der Waals surface area (Å²) in [4.78, 5) is 13.4. The van der Waals surface area contributed by atoms with Crippen LogP contribution < -0.4 is 5.43 Å². The summed E-state index contributed by atoms with van der Waals surface area (Å²) in [5.41, 5.74) is 8.25. The Balaban J connectivity index is 1.61. The summed E-state index contributed by atoms with van der Waals surface area (Å²) in [5, 5.41) is 8.54. The predicted octanol–water partition coefficient (Wildman–Crippen LogP) is 6.84. The van der Waals surface area contributed by atoms with Crippen molar-refractivity contribution < 1.29 is 4.79 Å². The van der Waals surface area contributed by atoms with Crippen LogP contribution in [0.5, 0.6) is 0 Å². The second-order valence-electron chi connectivity index (χ2n) is 8.75. The van der Waals surface area contributed by atoms with E-state index in [0.717, 1.165) is 67.6 Å². The Hall–Kier alpha value is -2.31. The van der Waals surface area contributed by atoms with Gasteiger partial charge in [-0.3, -0.25) is 10.2 Å². The normalized spacial score (nSPS) is 17.6. The Bertz CT molecular complexity index is 1240. The van der Waals surface area contributed by atoms with Crippen molar-refractivity contribution in [3.8, 4) is 5.69 Å². The van der Waals surface area contributed by atoms with E-state index in [1.54, 1.807) is 16.8 Å². The number of hydrogen-bond donors (Lipinski definition) is 1. The minimum Gasteiger partial charge on any atom is -0.283 e. The van der Waals surface area contributed by atoms with Crippen LogP contribution in [0.1, 0.15) is 59.4 Å². The fourth-order valence-electron chi connectivity index (χ4n) is 4.70. The van der Waals surface area contributed by atoms with Gasteiger partial charge < -0.3 is 0 Å². The number of fused-ring (bicyclic) bond motifs is 1. The van der Waals surface area contributed by atoms with Gasteiger partial charge >= 0.3 is 0 Å². The molecular weight excluding hydrogens is 491 g/mol. The molecule has 1 aromatic heterocycles. The van der Waals surface area contributed by atoms with Crippen LogP contribution >= 0.6 is 34.8 Å². The maximum absolute atomic E-state index is 13.4. The van der Waals surface area contributed by atoms with Crippen LogP contribution in [0.2, 0.25) is 15.1 Å². The van der Waals surface area contributed by atoms with Crippen LogP contribution in [-0.2, 0) is 6.42 Å². The molecule has 5 rings (SSSR count). The molecule has 1 aliphatic heterocycles. The molecule has 176 valence electrons. The SMILES string of the molecule is O=C(NN1CCCCC1)c1nn(-c2ccc(Cl)cc2Cl)c2c1CCC/C2=C\c1ccc(Cl)cc1. The van der Waals surface area contributed by atoms with Crippen molar-refractivity contribution in [1.82, 2.24) is 20.2 Å². The highest BCUT2D eigenvalue weighted by atomic mass is 35.5. The zero-order valence-corrected chi connectivity index (χ0v) is 20.9. The van der Waals surface area contributed by atoms with Crippen LogP contribution in [0.4, 0.5) is 0 Å². The Labute approximate surface area is 214 Å². The van der Waals surface area contributed by atoms with Crippen molar-refractivity contribution in [2.45, 2.75) is 38.5 Å². The van der Waals surface area contributed by atoms with E-state index in [1.807, 2.05) is 35.3 Å². The summed E-state index contributed by atoms with van der Waals surface area (Å²) in [5.74, 6) is -0.172. The lowest BCUT2D eigenvalue weighted by molar-refractivity contribution is 0.0743. The molecule has 1 N–H and O–H groups in total. The van der Waals surface area contributed by atoms with E-state index in [1.165, 1.54) is 6.42 Å². The third kappa shape index (κ3) is 4.89. The largest absolute Gasteiger partial charge is 0.286 e. The monoisotopic (exact) mass is 514 g/mol. The Morgan fingerprint density at radius 2 is 1.65 bits per heavy atom. The number of hydrogen-bond acceptors (Lipinski definition) is 3. The van der Waals surface area contributed by atoms with E-state index in [4.69, 9.17) is 39.9 Å². The molecule has 0 bridgehead atoms. The molecule has 0 saturated carbocycles. The number of carbonyl (C=O) groups excluding carboxylic acids is 1. The molecule has 1 amide bonds. The van der Waals surface area contributed by atoms with Gasteiger partial charge in [-0.05, 0) is 79.6 Å². The fourth-order valence-corrected chi connectivity index (χ4v) is 5.32.